The highest BCUT2D eigenvalue weighted by atomic mass is 16.4. The average Bonchev–Trinajstić information content (AvgIpc) is 2.59. The summed E-state index contributed by atoms with van der Waals surface area (Å²) >= 11 is 0. The Hall–Kier alpha value is -1.91. The third-order valence-corrected chi connectivity index (χ3v) is 2.05. The molecule has 2 aromatic rings. The molecule has 0 aliphatic rings. The number of hydrogen-bond donors (Lipinski definition) is 1. The van der Waals surface area contributed by atoms with Gasteiger partial charge in [0, 0.05) is 12.6 Å². The molecule has 0 aromatic carbocycles. The van der Waals surface area contributed by atoms with E-state index in [4.69, 9.17) is 5.11 Å². The smallest absolute Gasteiger partial charge is 0.339 e. The molecule has 0 unspecified atom stereocenters. The summed E-state index contributed by atoms with van der Waals surface area (Å²) in [6, 6.07) is 3.20. The minimum atomic E-state index is -0.981. The number of hydrogen-bond acceptors (Lipinski definition) is 3. The van der Waals surface area contributed by atoms with Crippen molar-refractivity contribution in [2.45, 2.75) is 13.3 Å². The second-order valence-electron chi connectivity index (χ2n) is 2.89. The zero-order valence-electron chi connectivity index (χ0n) is 7.64. The molecular weight excluding hydrogens is 182 g/mol. The SMILES string of the molecule is CCc1nnc2c(C(=O)O)cccn12. The van der Waals surface area contributed by atoms with Gasteiger partial charge >= 0.3 is 5.97 Å². The molecule has 1 N–H and O–H groups in total. The fraction of sp³-hybridized carbons (Fsp3) is 0.222. The van der Waals surface area contributed by atoms with Gasteiger partial charge in [-0.2, -0.15) is 0 Å². The molecule has 5 heteroatoms. The van der Waals surface area contributed by atoms with Crippen molar-refractivity contribution in [1.82, 2.24) is 14.6 Å². The lowest BCUT2D eigenvalue weighted by Gasteiger charge is -1.98. The van der Waals surface area contributed by atoms with Crippen LogP contribution in [0.25, 0.3) is 5.65 Å². The van der Waals surface area contributed by atoms with Crippen molar-refractivity contribution in [3.8, 4) is 0 Å². The summed E-state index contributed by atoms with van der Waals surface area (Å²) < 4.78 is 1.70. The minimum absolute atomic E-state index is 0.180. The number of carbonyl (C=O) groups is 1. The lowest BCUT2D eigenvalue weighted by molar-refractivity contribution is 0.0698. The van der Waals surface area contributed by atoms with E-state index >= 15 is 0 Å². The molecule has 14 heavy (non-hydrogen) atoms. The van der Waals surface area contributed by atoms with E-state index in [2.05, 4.69) is 10.2 Å². The van der Waals surface area contributed by atoms with E-state index in [1.807, 2.05) is 6.92 Å². The van der Waals surface area contributed by atoms with Gasteiger partial charge in [-0.3, -0.25) is 4.40 Å². The van der Waals surface area contributed by atoms with Crippen LogP contribution < -0.4 is 0 Å². The van der Waals surface area contributed by atoms with E-state index in [0.717, 1.165) is 12.2 Å². The molecule has 0 saturated heterocycles. The van der Waals surface area contributed by atoms with Crippen LogP contribution in [0.2, 0.25) is 0 Å². The molecule has 0 atom stereocenters. The molecular formula is C9H9N3O2. The first-order valence-corrected chi connectivity index (χ1v) is 4.30. The van der Waals surface area contributed by atoms with E-state index in [1.54, 1.807) is 16.7 Å². The van der Waals surface area contributed by atoms with Crippen LogP contribution in [0.4, 0.5) is 0 Å². The number of aromatic nitrogens is 3. The second kappa shape index (κ2) is 3.10. The lowest BCUT2D eigenvalue weighted by Crippen LogP contribution is -2.01. The molecule has 0 radical (unpaired) electrons. The highest BCUT2D eigenvalue weighted by Crippen LogP contribution is 2.10. The molecule has 2 heterocycles. The van der Waals surface area contributed by atoms with Gasteiger partial charge in [0.2, 0.25) is 0 Å². The standard InChI is InChI=1S/C9H9N3O2/c1-2-7-10-11-8-6(9(13)14)4-3-5-12(7)8/h3-5H,2H2,1H3,(H,13,14). The zero-order chi connectivity index (χ0) is 10.1. The maximum atomic E-state index is 10.8. The first-order valence-electron chi connectivity index (χ1n) is 4.30. The van der Waals surface area contributed by atoms with Crippen molar-refractivity contribution in [1.29, 1.82) is 0 Å². The van der Waals surface area contributed by atoms with Gasteiger partial charge < -0.3 is 5.11 Å². The van der Waals surface area contributed by atoms with Crippen molar-refractivity contribution < 1.29 is 9.90 Å². The summed E-state index contributed by atoms with van der Waals surface area (Å²) in [5, 5.41) is 16.6. The topological polar surface area (TPSA) is 67.5 Å². The second-order valence-corrected chi connectivity index (χ2v) is 2.89. The van der Waals surface area contributed by atoms with Crippen LogP contribution >= 0.6 is 0 Å². The molecule has 0 aliphatic carbocycles. The Balaban J connectivity index is 2.76. The highest BCUT2D eigenvalue weighted by Gasteiger charge is 2.12. The van der Waals surface area contributed by atoms with Gasteiger partial charge in [-0.1, -0.05) is 6.92 Å². The van der Waals surface area contributed by atoms with Gasteiger partial charge in [0.05, 0.1) is 0 Å². The number of aryl methyl sites for hydroxylation is 1. The molecule has 72 valence electrons. The van der Waals surface area contributed by atoms with Crippen LogP contribution in [0.1, 0.15) is 23.1 Å². The molecule has 0 aliphatic heterocycles. The maximum absolute atomic E-state index is 10.8. The predicted octanol–water partition coefficient (Wildman–Crippen LogP) is 0.990. The Labute approximate surface area is 80.0 Å². The molecule has 0 saturated carbocycles. The monoisotopic (exact) mass is 191 g/mol. The van der Waals surface area contributed by atoms with Crippen LogP contribution in [0.15, 0.2) is 18.3 Å². The first kappa shape index (κ1) is 8.68. The largest absolute Gasteiger partial charge is 0.478 e. The third kappa shape index (κ3) is 1.14. The van der Waals surface area contributed by atoms with E-state index < -0.39 is 5.97 Å². The normalized spacial score (nSPS) is 10.6. The molecule has 2 rings (SSSR count). The molecule has 0 amide bonds. The fourth-order valence-electron chi connectivity index (χ4n) is 1.37. The molecule has 0 bridgehead atoms. The Morgan fingerprint density at radius 3 is 3.00 bits per heavy atom. The van der Waals surface area contributed by atoms with Crippen molar-refractivity contribution in [2.75, 3.05) is 0 Å². The van der Waals surface area contributed by atoms with Gasteiger partial charge in [-0.15, -0.1) is 10.2 Å². The van der Waals surface area contributed by atoms with E-state index in [0.29, 0.717) is 5.65 Å². The summed E-state index contributed by atoms with van der Waals surface area (Å²) in [6.45, 7) is 1.95. The number of rotatable bonds is 2. The number of nitrogens with zero attached hydrogens (tertiary/aromatic N) is 3. The Morgan fingerprint density at radius 1 is 1.57 bits per heavy atom. The van der Waals surface area contributed by atoms with Crippen LogP contribution in [-0.2, 0) is 6.42 Å². The molecule has 2 aromatic heterocycles. The molecule has 5 nitrogen and oxygen atoms in total. The van der Waals surface area contributed by atoms with Crippen molar-refractivity contribution in [3.63, 3.8) is 0 Å². The molecule has 0 fully saturated rings. The van der Waals surface area contributed by atoms with Crippen molar-refractivity contribution in [2.24, 2.45) is 0 Å². The van der Waals surface area contributed by atoms with Gasteiger partial charge in [0.15, 0.2) is 5.65 Å². The number of pyridine rings is 1. The minimum Gasteiger partial charge on any atom is -0.478 e. The lowest BCUT2D eigenvalue weighted by atomic mass is 10.3. The Bertz CT molecular complexity index is 490. The van der Waals surface area contributed by atoms with E-state index in [1.165, 1.54) is 6.07 Å². The van der Waals surface area contributed by atoms with Crippen LogP contribution in [-0.4, -0.2) is 25.7 Å². The fourth-order valence-corrected chi connectivity index (χ4v) is 1.37. The van der Waals surface area contributed by atoms with Gasteiger partial charge in [-0.05, 0) is 12.1 Å². The van der Waals surface area contributed by atoms with Crippen LogP contribution in [0.5, 0.6) is 0 Å². The number of carboxylic acids is 1. The van der Waals surface area contributed by atoms with E-state index in [-0.39, 0.29) is 5.56 Å². The van der Waals surface area contributed by atoms with Gasteiger partial charge in [-0.25, -0.2) is 4.79 Å². The van der Waals surface area contributed by atoms with Crippen LogP contribution in [0.3, 0.4) is 0 Å². The number of fused-ring (bicyclic) bond motifs is 1. The summed E-state index contributed by atoms with van der Waals surface area (Å²) in [7, 11) is 0. The Kier molecular flexibility index (Phi) is 1.92. The number of carboxylic acid groups (broad SMARTS) is 1. The summed E-state index contributed by atoms with van der Waals surface area (Å²) in [4.78, 5) is 10.8. The van der Waals surface area contributed by atoms with Gasteiger partial charge in [0.25, 0.3) is 0 Å². The summed E-state index contributed by atoms with van der Waals surface area (Å²) in [5.74, 6) is -0.214. The summed E-state index contributed by atoms with van der Waals surface area (Å²) in [5.41, 5.74) is 0.580. The van der Waals surface area contributed by atoms with Crippen molar-refractivity contribution >= 4 is 11.6 Å². The average molecular weight is 191 g/mol. The van der Waals surface area contributed by atoms with Crippen LogP contribution in [0, 0.1) is 0 Å². The quantitative estimate of drug-likeness (QED) is 0.768. The predicted molar refractivity (Wildman–Crippen MR) is 49.3 cm³/mol. The molecule has 0 spiro atoms. The highest BCUT2D eigenvalue weighted by molar-refractivity contribution is 5.94. The Morgan fingerprint density at radius 2 is 2.36 bits per heavy atom. The summed E-state index contributed by atoms with van der Waals surface area (Å²) in [6.07, 6.45) is 2.49. The number of aromatic carboxylic acids is 1. The maximum Gasteiger partial charge on any atom is 0.339 e. The zero-order valence-corrected chi connectivity index (χ0v) is 7.64. The third-order valence-electron chi connectivity index (χ3n) is 2.05. The first-order chi connectivity index (χ1) is 6.74. The van der Waals surface area contributed by atoms with E-state index in [9.17, 15) is 4.79 Å². The van der Waals surface area contributed by atoms with Crippen molar-refractivity contribution in [3.05, 3.63) is 29.7 Å². The van der Waals surface area contributed by atoms with Gasteiger partial charge in [0.1, 0.15) is 11.4 Å².